The lowest BCUT2D eigenvalue weighted by atomic mass is 10.1. The molecule has 0 saturated carbocycles. The van der Waals surface area contributed by atoms with E-state index in [1.165, 1.54) is 5.56 Å². The first-order chi connectivity index (χ1) is 12.4. The monoisotopic (exact) mass is 378 g/mol. The van der Waals surface area contributed by atoms with E-state index in [9.17, 15) is 4.79 Å². The van der Waals surface area contributed by atoms with E-state index in [1.54, 1.807) is 0 Å². The highest BCUT2D eigenvalue weighted by Gasteiger charge is 2.28. The van der Waals surface area contributed by atoms with Crippen molar-refractivity contribution in [3.05, 3.63) is 29.8 Å². The molecule has 1 amide bonds. The van der Waals surface area contributed by atoms with Gasteiger partial charge in [-0.05, 0) is 44.9 Å². The number of rotatable bonds is 7. The summed E-state index contributed by atoms with van der Waals surface area (Å²) in [6.07, 6.45) is 0.858. The van der Waals surface area contributed by atoms with E-state index in [0.717, 1.165) is 44.3 Å². The Balaban J connectivity index is 1.90. The maximum atomic E-state index is 10.7. The quantitative estimate of drug-likeness (QED) is 0.559. The molecule has 0 atom stereocenters. The number of amides is 1. The first-order valence-corrected chi connectivity index (χ1v) is 10.1. The second kappa shape index (κ2) is 9.71. The molecule has 1 aliphatic rings. The van der Waals surface area contributed by atoms with Crippen molar-refractivity contribution < 1.29 is 9.53 Å². The van der Waals surface area contributed by atoms with Gasteiger partial charge in [-0.25, -0.2) is 0 Å². The van der Waals surface area contributed by atoms with Gasteiger partial charge in [-0.2, -0.15) is 11.8 Å². The Kier molecular flexibility index (Phi) is 7.63. The number of ether oxygens (including phenoxy) is 1. The number of guanidine groups is 1. The smallest absolute Gasteiger partial charge is 0.255 e. The topological polar surface area (TPSA) is 80.0 Å². The van der Waals surface area contributed by atoms with Crippen molar-refractivity contribution in [3.8, 4) is 5.75 Å². The van der Waals surface area contributed by atoms with Crippen LogP contribution in [-0.2, 0) is 11.2 Å². The summed E-state index contributed by atoms with van der Waals surface area (Å²) in [4.78, 5) is 17.9. The van der Waals surface area contributed by atoms with E-state index in [-0.39, 0.29) is 11.4 Å². The minimum Gasteiger partial charge on any atom is -0.484 e. The van der Waals surface area contributed by atoms with Gasteiger partial charge in [0.25, 0.3) is 5.91 Å². The highest BCUT2D eigenvalue weighted by atomic mass is 32.2. The van der Waals surface area contributed by atoms with Gasteiger partial charge in [0.05, 0.1) is 0 Å². The van der Waals surface area contributed by atoms with Crippen LogP contribution in [0.15, 0.2) is 29.3 Å². The summed E-state index contributed by atoms with van der Waals surface area (Å²) >= 11 is 2.02. The predicted octanol–water partition coefficient (Wildman–Crippen LogP) is 1.89. The Morgan fingerprint density at radius 3 is 2.73 bits per heavy atom. The van der Waals surface area contributed by atoms with E-state index in [2.05, 4.69) is 31.0 Å². The largest absolute Gasteiger partial charge is 0.484 e. The third-order valence-electron chi connectivity index (χ3n) is 4.03. The molecule has 0 aliphatic carbocycles. The summed E-state index contributed by atoms with van der Waals surface area (Å²) in [6.45, 7) is 10.2. The molecular weight excluding hydrogens is 348 g/mol. The lowest BCUT2D eigenvalue weighted by Gasteiger charge is -2.39. The maximum Gasteiger partial charge on any atom is 0.255 e. The second-order valence-electron chi connectivity index (χ2n) is 6.91. The molecule has 0 unspecified atom stereocenters. The number of benzene rings is 1. The Morgan fingerprint density at radius 1 is 1.38 bits per heavy atom. The fraction of sp³-hybridized carbons (Fsp3) is 0.579. The molecule has 7 heteroatoms. The van der Waals surface area contributed by atoms with Crippen molar-refractivity contribution in [3.63, 3.8) is 0 Å². The summed E-state index contributed by atoms with van der Waals surface area (Å²) in [5, 5.41) is 3.42. The molecule has 144 valence electrons. The van der Waals surface area contributed by atoms with Gasteiger partial charge in [0.15, 0.2) is 12.6 Å². The highest BCUT2D eigenvalue weighted by Crippen LogP contribution is 2.29. The summed E-state index contributed by atoms with van der Waals surface area (Å²) < 4.78 is 5.53. The normalized spacial score (nSPS) is 17.0. The molecule has 0 radical (unpaired) electrons. The van der Waals surface area contributed by atoms with Crippen LogP contribution in [0.1, 0.15) is 26.3 Å². The van der Waals surface area contributed by atoms with Gasteiger partial charge in [0.2, 0.25) is 0 Å². The predicted molar refractivity (Wildman–Crippen MR) is 109 cm³/mol. The molecule has 1 fully saturated rings. The van der Waals surface area contributed by atoms with Crippen LogP contribution >= 0.6 is 11.8 Å². The standard InChI is InChI=1S/C19H30N4O2S/c1-4-21-18(23-11-12-26-19(2,3)14-23)22-10-9-15-5-7-16(8-6-15)25-13-17(20)24/h5-8H,4,9-14H2,1-3H3,(H2,20,24)(H,21,22). The van der Waals surface area contributed by atoms with Gasteiger partial charge >= 0.3 is 0 Å². The zero-order valence-corrected chi connectivity index (χ0v) is 16.8. The molecule has 3 N–H and O–H groups in total. The van der Waals surface area contributed by atoms with Crippen LogP contribution in [0.25, 0.3) is 0 Å². The molecule has 1 saturated heterocycles. The average Bonchev–Trinajstić information content (AvgIpc) is 2.59. The average molecular weight is 379 g/mol. The van der Waals surface area contributed by atoms with E-state index in [1.807, 2.05) is 36.0 Å². The Hall–Kier alpha value is -1.89. The molecule has 0 bridgehead atoms. The molecule has 2 rings (SSSR count). The fourth-order valence-electron chi connectivity index (χ4n) is 2.82. The highest BCUT2D eigenvalue weighted by molar-refractivity contribution is 8.00. The number of primary amides is 1. The molecule has 1 aliphatic heterocycles. The van der Waals surface area contributed by atoms with Gasteiger partial charge in [-0.3, -0.25) is 9.79 Å². The van der Waals surface area contributed by atoms with Gasteiger partial charge in [0, 0.05) is 36.7 Å². The maximum absolute atomic E-state index is 10.7. The van der Waals surface area contributed by atoms with Crippen LogP contribution in [-0.4, -0.2) is 60.1 Å². The first-order valence-electron chi connectivity index (χ1n) is 9.07. The third-order valence-corrected chi connectivity index (χ3v) is 5.32. The Labute approximate surface area is 160 Å². The van der Waals surface area contributed by atoms with E-state index in [4.69, 9.17) is 15.5 Å². The number of carbonyl (C=O) groups excluding carboxylic acids is 1. The van der Waals surface area contributed by atoms with Crippen LogP contribution in [0.3, 0.4) is 0 Å². The zero-order valence-electron chi connectivity index (χ0n) is 16.0. The second-order valence-corrected chi connectivity index (χ2v) is 8.72. The number of thioether (sulfide) groups is 1. The first kappa shape index (κ1) is 20.4. The van der Waals surface area contributed by atoms with Crippen molar-refractivity contribution in [2.24, 2.45) is 10.7 Å². The molecule has 1 aromatic carbocycles. The molecule has 1 aromatic rings. The van der Waals surface area contributed by atoms with Crippen molar-refractivity contribution in [1.29, 1.82) is 0 Å². The molecule has 1 heterocycles. The van der Waals surface area contributed by atoms with Gasteiger partial charge in [-0.1, -0.05) is 12.1 Å². The summed E-state index contributed by atoms with van der Waals surface area (Å²) in [5.74, 6) is 2.31. The van der Waals surface area contributed by atoms with Crippen LogP contribution in [0.2, 0.25) is 0 Å². The number of nitrogens with one attached hydrogen (secondary N) is 1. The lowest BCUT2D eigenvalue weighted by Crippen LogP contribution is -2.51. The van der Waals surface area contributed by atoms with Crippen LogP contribution in [0.5, 0.6) is 5.75 Å². The summed E-state index contributed by atoms with van der Waals surface area (Å²) in [6, 6.07) is 7.72. The third kappa shape index (κ3) is 6.78. The Morgan fingerprint density at radius 2 is 2.12 bits per heavy atom. The van der Waals surface area contributed by atoms with Gasteiger partial charge in [-0.15, -0.1) is 0 Å². The lowest BCUT2D eigenvalue weighted by molar-refractivity contribution is -0.119. The Bertz CT molecular complexity index is 616. The molecule has 0 aromatic heterocycles. The number of aliphatic imine (C=N–C) groups is 1. The number of nitrogens with two attached hydrogens (primary N) is 1. The van der Waals surface area contributed by atoms with Crippen LogP contribution in [0.4, 0.5) is 0 Å². The minimum absolute atomic E-state index is 0.0971. The molecule has 6 nitrogen and oxygen atoms in total. The summed E-state index contributed by atoms with van der Waals surface area (Å²) in [7, 11) is 0. The number of hydrogen-bond donors (Lipinski definition) is 2. The van der Waals surface area contributed by atoms with E-state index in [0.29, 0.717) is 5.75 Å². The van der Waals surface area contributed by atoms with Crippen LogP contribution in [0, 0.1) is 0 Å². The van der Waals surface area contributed by atoms with Crippen molar-refractivity contribution in [2.45, 2.75) is 31.9 Å². The summed E-state index contributed by atoms with van der Waals surface area (Å²) in [5.41, 5.74) is 6.26. The molecule has 0 spiro atoms. The van der Waals surface area contributed by atoms with Crippen molar-refractivity contribution in [1.82, 2.24) is 10.2 Å². The van der Waals surface area contributed by atoms with Crippen molar-refractivity contribution in [2.75, 3.05) is 38.5 Å². The molecular formula is C19H30N4O2S. The van der Waals surface area contributed by atoms with E-state index >= 15 is 0 Å². The molecule has 26 heavy (non-hydrogen) atoms. The number of hydrogen-bond acceptors (Lipinski definition) is 4. The van der Waals surface area contributed by atoms with Gasteiger partial charge in [0.1, 0.15) is 5.75 Å². The zero-order chi connectivity index (χ0) is 19.0. The SMILES string of the molecule is CCNC(=NCCc1ccc(OCC(N)=O)cc1)N1CCSC(C)(C)C1. The van der Waals surface area contributed by atoms with Crippen LogP contribution < -0.4 is 15.8 Å². The minimum atomic E-state index is -0.473. The number of carbonyl (C=O) groups is 1. The number of nitrogens with zero attached hydrogens (tertiary/aromatic N) is 2. The van der Waals surface area contributed by atoms with Gasteiger partial charge < -0.3 is 20.7 Å². The van der Waals surface area contributed by atoms with Crippen molar-refractivity contribution >= 4 is 23.6 Å². The van der Waals surface area contributed by atoms with E-state index < -0.39 is 5.91 Å². The fourth-order valence-corrected chi connectivity index (χ4v) is 3.93.